The van der Waals surface area contributed by atoms with Gasteiger partial charge in [-0.15, -0.1) is 0 Å². The Labute approximate surface area is 94.7 Å². The first-order valence-corrected chi connectivity index (χ1v) is 6.68. The molecule has 11 nitrogen and oxygen atoms in total. The van der Waals surface area contributed by atoms with Gasteiger partial charge < -0.3 is 47.7 Å². The molecule has 0 saturated carbocycles. The largest absolute Gasteiger partial charge is 0.790 e. The van der Waals surface area contributed by atoms with Crippen LogP contribution in [0.4, 0.5) is 0 Å². The topological polar surface area (TPSA) is 216 Å². The molecule has 2 N–H and O–H groups in total. The van der Waals surface area contributed by atoms with Gasteiger partial charge in [-0.1, -0.05) is 0 Å². The molecule has 93 valence electrons. The smallest absolute Gasteiger partial charge is 0.262 e. The Morgan fingerprint density at radius 2 is 0.933 bits per heavy atom. The zero-order chi connectivity index (χ0) is 12.2. The molecule has 0 bridgehead atoms. The predicted octanol–water partition coefficient (Wildman–Crippen LogP) is -4.90. The normalized spacial score (nSPS) is 12.2. The SMILES string of the molecule is O=P([O-])(O)O.O=P([O-])([O-])OP(=O)([O-])[O-].[V]. The first-order valence-electron chi connectivity index (χ1n) is 2.23. The Kier molecular flexibility index (Phi) is 10.4. The van der Waals surface area contributed by atoms with E-state index >= 15 is 0 Å². The fourth-order valence-corrected chi connectivity index (χ4v) is 1.10. The minimum absolute atomic E-state index is 0. The third-order valence-corrected chi connectivity index (χ3v) is 1.80. The van der Waals surface area contributed by atoms with Crippen molar-refractivity contribution in [1.82, 2.24) is 0 Å². The van der Waals surface area contributed by atoms with E-state index in [0.29, 0.717) is 0 Å². The summed E-state index contributed by atoms with van der Waals surface area (Å²) in [6.45, 7) is 0. The fraction of sp³-hybridized carbons (Fsp3) is 0. The molecule has 15 heteroatoms. The van der Waals surface area contributed by atoms with Crippen molar-refractivity contribution in [3.63, 3.8) is 0 Å². The van der Waals surface area contributed by atoms with Crippen molar-refractivity contribution < 1.29 is 70.8 Å². The second-order valence-electron chi connectivity index (χ2n) is 1.47. The minimum atomic E-state index is -5.68. The van der Waals surface area contributed by atoms with Gasteiger partial charge in [0.05, 0.1) is 15.6 Å². The van der Waals surface area contributed by atoms with Gasteiger partial charge in [-0.2, -0.15) is 0 Å². The van der Waals surface area contributed by atoms with Crippen LogP contribution in [0.1, 0.15) is 0 Å². The Morgan fingerprint density at radius 1 is 0.800 bits per heavy atom. The van der Waals surface area contributed by atoms with Gasteiger partial charge in [-0.3, -0.25) is 4.57 Å². The van der Waals surface area contributed by atoms with E-state index in [1.54, 1.807) is 0 Å². The van der Waals surface area contributed by atoms with Crippen LogP contribution in [0, 0.1) is 0 Å². The predicted molar refractivity (Wildman–Crippen MR) is 28.3 cm³/mol. The molecule has 0 fully saturated rings. The molecule has 0 unspecified atom stereocenters. The molecule has 15 heavy (non-hydrogen) atoms. The minimum Gasteiger partial charge on any atom is -0.790 e. The van der Waals surface area contributed by atoms with Gasteiger partial charge in [0.2, 0.25) is 0 Å². The quantitative estimate of drug-likeness (QED) is 0.459. The van der Waals surface area contributed by atoms with E-state index in [9.17, 15) is 28.7 Å². The third-order valence-electron chi connectivity index (χ3n) is 0.200. The van der Waals surface area contributed by atoms with Gasteiger partial charge in [-0.05, 0) is 0 Å². The summed E-state index contributed by atoms with van der Waals surface area (Å²) < 4.78 is 29.9. The maximum atomic E-state index is 9.32. The molecular weight excluding hydrogens is 320 g/mol. The van der Waals surface area contributed by atoms with Crippen LogP contribution in [0.2, 0.25) is 0 Å². The van der Waals surface area contributed by atoms with Crippen LogP contribution in [-0.2, 0) is 36.6 Å². The maximum absolute atomic E-state index is 9.32. The van der Waals surface area contributed by atoms with E-state index in [-0.39, 0.29) is 18.6 Å². The summed E-state index contributed by atoms with van der Waals surface area (Å²) in [6.07, 6.45) is 0. The van der Waals surface area contributed by atoms with Gasteiger partial charge in [0.1, 0.15) is 0 Å². The second kappa shape index (κ2) is 7.31. The van der Waals surface area contributed by atoms with Crippen molar-refractivity contribution in [3.05, 3.63) is 0 Å². The van der Waals surface area contributed by atoms with E-state index in [1.807, 2.05) is 0 Å². The Balaban J connectivity index is -0.000000208. The van der Waals surface area contributed by atoms with Crippen LogP contribution in [-0.4, -0.2) is 9.79 Å². The molecule has 0 aromatic carbocycles. The molecule has 0 aliphatic rings. The summed E-state index contributed by atoms with van der Waals surface area (Å²) in [6, 6.07) is 0. The molecule has 0 heterocycles. The van der Waals surface area contributed by atoms with Crippen LogP contribution in [0.15, 0.2) is 0 Å². The Morgan fingerprint density at radius 3 is 0.933 bits per heavy atom. The summed E-state index contributed by atoms with van der Waals surface area (Å²) in [7, 11) is -16.2. The van der Waals surface area contributed by atoms with Gasteiger partial charge in [0.15, 0.2) is 0 Å². The summed E-state index contributed by atoms with van der Waals surface area (Å²) >= 11 is 0. The van der Waals surface area contributed by atoms with Crippen molar-refractivity contribution in [3.8, 4) is 0 Å². The molecule has 0 saturated heterocycles. The average molecular weight is 322 g/mol. The Bertz CT molecular complexity index is 259. The average Bonchev–Trinajstić information content (AvgIpc) is 1.42. The molecule has 1 radical (unpaired) electrons. The number of phosphoric acid groups is 3. The summed E-state index contributed by atoms with van der Waals surface area (Å²) in [5, 5.41) is 0. The molecule has 0 rings (SSSR count). The maximum Gasteiger partial charge on any atom is 0.262 e. The number of rotatable bonds is 2. The first-order chi connectivity index (χ1) is 5.71. The van der Waals surface area contributed by atoms with Crippen LogP contribution in [0.25, 0.3) is 0 Å². The van der Waals surface area contributed by atoms with Crippen LogP contribution in [0.3, 0.4) is 0 Å². The molecule has 0 amide bonds. The zero-order valence-electron chi connectivity index (χ0n) is 6.36. The van der Waals surface area contributed by atoms with Crippen LogP contribution in [0.5, 0.6) is 0 Å². The first kappa shape index (κ1) is 21.3. The van der Waals surface area contributed by atoms with E-state index < -0.39 is 23.5 Å². The molecule has 0 spiro atoms. The van der Waals surface area contributed by atoms with Crippen molar-refractivity contribution in [2.24, 2.45) is 0 Å². The second-order valence-corrected chi connectivity index (χ2v) is 4.89. The molecular formula is H2O11P3V-5. The van der Waals surface area contributed by atoms with Gasteiger partial charge >= 0.3 is 0 Å². The standard InChI is InChI=1S/H4O7P2.H3O4P.V/c1-8(2,3)7-9(4,5)6;1-5(2,3)4;/h(H2,1,2,3)(H2,4,5,6);(H3,1,2,3,4);/p-5. The molecule has 0 atom stereocenters. The van der Waals surface area contributed by atoms with Crippen molar-refractivity contribution >= 4 is 23.5 Å². The van der Waals surface area contributed by atoms with Gasteiger partial charge in [0, 0.05) is 18.6 Å². The van der Waals surface area contributed by atoms with Crippen molar-refractivity contribution in [1.29, 1.82) is 0 Å². The summed E-state index contributed by atoms with van der Waals surface area (Å²) in [4.78, 5) is 60.2. The van der Waals surface area contributed by atoms with Crippen molar-refractivity contribution in [2.75, 3.05) is 0 Å². The molecule has 0 aromatic heterocycles. The summed E-state index contributed by atoms with van der Waals surface area (Å²) in [5.41, 5.74) is 0. The van der Waals surface area contributed by atoms with E-state index in [1.165, 1.54) is 0 Å². The monoisotopic (exact) mass is 322 g/mol. The van der Waals surface area contributed by atoms with Gasteiger partial charge in [-0.25, -0.2) is 0 Å². The molecule has 0 aromatic rings. The van der Waals surface area contributed by atoms with E-state index in [4.69, 9.17) is 19.2 Å². The van der Waals surface area contributed by atoms with Gasteiger partial charge in [0.25, 0.3) is 7.82 Å². The number of hydrogen-bond donors (Lipinski definition) is 2. The molecule has 0 aliphatic carbocycles. The molecule has 0 aliphatic heterocycles. The number of hydrogen-bond acceptors (Lipinski definition) is 9. The van der Waals surface area contributed by atoms with Crippen LogP contribution >= 0.6 is 23.5 Å². The summed E-state index contributed by atoms with van der Waals surface area (Å²) in [5.74, 6) is 0. The third kappa shape index (κ3) is 51.9. The van der Waals surface area contributed by atoms with Crippen LogP contribution < -0.4 is 24.5 Å². The van der Waals surface area contributed by atoms with E-state index in [0.717, 1.165) is 0 Å². The zero-order valence-corrected chi connectivity index (χ0v) is 10.4. The van der Waals surface area contributed by atoms with E-state index in [2.05, 4.69) is 4.31 Å². The van der Waals surface area contributed by atoms with Crippen molar-refractivity contribution in [2.45, 2.75) is 0 Å². The fourth-order valence-electron chi connectivity index (χ4n) is 0.122. The Hall–Kier alpha value is 0.954.